The van der Waals surface area contributed by atoms with E-state index in [0.29, 0.717) is 11.7 Å². The van der Waals surface area contributed by atoms with Crippen LogP contribution in [-0.2, 0) is 4.79 Å². The maximum atomic E-state index is 12.3. The molecular weight excluding hydrogens is 336 g/mol. The van der Waals surface area contributed by atoms with Crippen molar-refractivity contribution in [1.82, 2.24) is 0 Å². The van der Waals surface area contributed by atoms with Crippen molar-refractivity contribution >= 4 is 5.97 Å². The Hall–Kier alpha value is -2.03. The van der Waals surface area contributed by atoms with Crippen LogP contribution in [0.25, 0.3) is 0 Å². The van der Waals surface area contributed by atoms with Gasteiger partial charge in [-0.3, -0.25) is 4.79 Å². The van der Waals surface area contributed by atoms with Gasteiger partial charge < -0.3 is 9.84 Å². The van der Waals surface area contributed by atoms with E-state index in [2.05, 4.69) is 19.1 Å². The highest BCUT2D eigenvalue weighted by Crippen LogP contribution is 2.37. The van der Waals surface area contributed by atoms with Crippen molar-refractivity contribution in [2.45, 2.75) is 64.7 Å². The molecule has 0 aromatic heterocycles. The molecule has 0 heterocycles. The lowest BCUT2D eigenvalue weighted by Crippen LogP contribution is -2.21. The summed E-state index contributed by atoms with van der Waals surface area (Å²) in [6.07, 6.45) is 17.9. The van der Waals surface area contributed by atoms with Gasteiger partial charge in [-0.2, -0.15) is 0 Å². The maximum absolute atomic E-state index is 12.3. The third-order valence-corrected chi connectivity index (χ3v) is 6.02. The highest BCUT2D eigenvalue weighted by molar-refractivity contribution is 5.77. The van der Waals surface area contributed by atoms with E-state index in [0.717, 1.165) is 12.3 Å². The maximum Gasteiger partial charge on any atom is 0.318 e. The van der Waals surface area contributed by atoms with Crippen molar-refractivity contribution in [1.29, 1.82) is 0 Å². The van der Waals surface area contributed by atoms with Gasteiger partial charge in [0.05, 0.1) is 5.92 Å². The van der Waals surface area contributed by atoms with E-state index in [4.69, 9.17) is 4.74 Å². The van der Waals surface area contributed by atoms with Crippen LogP contribution in [0.1, 0.15) is 64.7 Å². The lowest BCUT2D eigenvalue weighted by Gasteiger charge is -2.30. The predicted molar refractivity (Wildman–Crippen MR) is 109 cm³/mol. The fourth-order valence-electron chi connectivity index (χ4n) is 4.29. The minimum Gasteiger partial charge on any atom is -0.508 e. The van der Waals surface area contributed by atoms with Crippen LogP contribution in [0, 0.1) is 17.8 Å². The van der Waals surface area contributed by atoms with Gasteiger partial charge in [0.15, 0.2) is 0 Å². The molecule has 1 N–H and O–H groups in total. The second kappa shape index (κ2) is 9.77. The van der Waals surface area contributed by atoms with Gasteiger partial charge in [-0.05, 0) is 73.8 Å². The standard InChI is InChI=1S/C24H32O3/c1-2-3-4-5-18-6-8-19(9-7-18)20-10-12-21(13-11-20)24(26)27-23-16-14-22(25)15-17-23/h10-12,14-19,21,25H,2-9,13H2,1H3. The molecule has 3 rings (SSSR count). The Morgan fingerprint density at radius 1 is 1.11 bits per heavy atom. The molecule has 1 saturated carbocycles. The first-order valence-electron chi connectivity index (χ1n) is 10.5. The summed E-state index contributed by atoms with van der Waals surface area (Å²) >= 11 is 0. The number of aromatic hydroxyl groups is 1. The summed E-state index contributed by atoms with van der Waals surface area (Å²) in [4.78, 5) is 12.3. The molecule has 27 heavy (non-hydrogen) atoms. The van der Waals surface area contributed by atoms with Gasteiger partial charge in [-0.15, -0.1) is 0 Å². The van der Waals surface area contributed by atoms with Crippen LogP contribution in [0.4, 0.5) is 0 Å². The van der Waals surface area contributed by atoms with E-state index in [-0.39, 0.29) is 17.6 Å². The van der Waals surface area contributed by atoms with Crippen LogP contribution in [0.3, 0.4) is 0 Å². The molecule has 146 valence electrons. The largest absolute Gasteiger partial charge is 0.508 e. The topological polar surface area (TPSA) is 46.5 Å². The Labute approximate surface area is 163 Å². The molecule has 0 aliphatic heterocycles. The number of esters is 1. The second-order valence-electron chi connectivity index (χ2n) is 8.03. The first-order chi connectivity index (χ1) is 13.2. The number of carbonyl (C=O) groups is 1. The number of rotatable bonds is 7. The van der Waals surface area contributed by atoms with Crippen LogP contribution in [0.5, 0.6) is 11.5 Å². The molecule has 0 saturated heterocycles. The average Bonchev–Trinajstić information content (AvgIpc) is 2.70. The Morgan fingerprint density at radius 3 is 2.48 bits per heavy atom. The van der Waals surface area contributed by atoms with Gasteiger partial charge >= 0.3 is 5.97 Å². The van der Waals surface area contributed by atoms with Crippen molar-refractivity contribution in [3.63, 3.8) is 0 Å². The summed E-state index contributed by atoms with van der Waals surface area (Å²) < 4.78 is 5.42. The van der Waals surface area contributed by atoms with Gasteiger partial charge in [-0.1, -0.05) is 50.8 Å². The van der Waals surface area contributed by atoms with Gasteiger partial charge in [0.25, 0.3) is 0 Å². The number of unbranched alkanes of at least 4 members (excludes halogenated alkanes) is 2. The van der Waals surface area contributed by atoms with E-state index in [1.54, 1.807) is 12.1 Å². The van der Waals surface area contributed by atoms with Crippen molar-refractivity contribution in [2.24, 2.45) is 17.8 Å². The average molecular weight is 369 g/mol. The smallest absolute Gasteiger partial charge is 0.318 e. The predicted octanol–water partition coefficient (Wildman–Crippen LogP) is 6.19. The van der Waals surface area contributed by atoms with Crippen LogP contribution >= 0.6 is 0 Å². The molecule has 1 fully saturated rings. The van der Waals surface area contributed by atoms with E-state index in [1.165, 1.54) is 69.1 Å². The van der Waals surface area contributed by atoms with E-state index in [9.17, 15) is 9.90 Å². The van der Waals surface area contributed by atoms with Gasteiger partial charge in [0.2, 0.25) is 0 Å². The Morgan fingerprint density at radius 2 is 1.85 bits per heavy atom. The van der Waals surface area contributed by atoms with E-state index in [1.807, 2.05) is 6.08 Å². The van der Waals surface area contributed by atoms with Crippen LogP contribution < -0.4 is 4.74 Å². The highest BCUT2D eigenvalue weighted by atomic mass is 16.5. The third kappa shape index (κ3) is 5.72. The summed E-state index contributed by atoms with van der Waals surface area (Å²) in [7, 11) is 0. The monoisotopic (exact) mass is 368 g/mol. The minimum absolute atomic E-state index is 0.167. The molecule has 3 heteroatoms. The number of phenolic OH excluding ortho intramolecular Hbond substituents is 1. The molecule has 3 nitrogen and oxygen atoms in total. The molecule has 1 aromatic carbocycles. The molecule has 1 unspecified atom stereocenters. The lowest BCUT2D eigenvalue weighted by molar-refractivity contribution is -0.137. The van der Waals surface area contributed by atoms with Gasteiger partial charge in [-0.25, -0.2) is 0 Å². The number of hydrogen-bond donors (Lipinski definition) is 1. The van der Waals surface area contributed by atoms with Crippen LogP contribution in [-0.4, -0.2) is 11.1 Å². The fourth-order valence-corrected chi connectivity index (χ4v) is 4.29. The van der Waals surface area contributed by atoms with Gasteiger partial charge in [0, 0.05) is 0 Å². The summed E-state index contributed by atoms with van der Waals surface area (Å²) in [6.45, 7) is 2.27. The molecule has 2 aliphatic carbocycles. The second-order valence-corrected chi connectivity index (χ2v) is 8.03. The number of carbonyl (C=O) groups excluding carboxylic acids is 1. The minimum atomic E-state index is -0.230. The number of phenols is 1. The van der Waals surface area contributed by atoms with Crippen LogP contribution in [0.2, 0.25) is 0 Å². The van der Waals surface area contributed by atoms with E-state index < -0.39 is 0 Å². The SMILES string of the molecule is CCCCCC1CCC(C2=CCC(C(=O)Oc3ccc(O)cc3)C=C2)CC1. The molecule has 0 spiro atoms. The zero-order valence-electron chi connectivity index (χ0n) is 16.4. The third-order valence-electron chi connectivity index (χ3n) is 6.02. The Kier molecular flexibility index (Phi) is 7.14. The Bertz CT molecular complexity index is 663. The molecule has 2 aliphatic rings. The first-order valence-corrected chi connectivity index (χ1v) is 10.5. The van der Waals surface area contributed by atoms with Crippen molar-refractivity contribution < 1.29 is 14.6 Å². The molecule has 1 atom stereocenters. The van der Waals surface area contributed by atoms with Crippen molar-refractivity contribution in [3.05, 3.63) is 48.1 Å². The zero-order valence-corrected chi connectivity index (χ0v) is 16.4. The van der Waals surface area contributed by atoms with Gasteiger partial charge in [0.1, 0.15) is 11.5 Å². The number of allylic oxidation sites excluding steroid dienone is 3. The molecular formula is C24H32O3. The summed E-state index contributed by atoms with van der Waals surface area (Å²) in [5.74, 6) is 1.79. The summed E-state index contributed by atoms with van der Waals surface area (Å²) in [5.41, 5.74) is 1.41. The number of benzene rings is 1. The van der Waals surface area contributed by atoms with Crippen molar-refractivity contribution in [2.75, 3.05) is 0 Å². The molecule has 0 amide bonds. The molecule has 1 aromatic rings. The van der Waals surface area contributed by atoms with Crippen molar-refractivity contribution in [3.8, 4) is 11.5 Å². The zero-order chi connectivity index (χ0) is 19.1. The van der Waals surface area contributed by atoms with E-state index >= 15 is 0 Å². The first kappa shape index (κ1) is 19.7. The number of ether oxygens (including phenoxy) is 1. The molecule has 0 bridgehead atoms. The lowest BCUT2D eigenvalue weighted by atomic mass is 9.75. The highest BCUT2D eigenvalue weighted by Gasteiger charge is 2.26. The Balaban J connectivity index is 1.44. The normalized spacial score (nSPS) is 25.1. The summed E-state index contributed by atoms with van der Waals surface area (Å²) in [6, 6.07) is 6.27. The quantitative estimate of drug-likeness (QED) is 0.355. The van der Waals surface area contributed by atoms with Crippen LogP contribution in [0.15, 0.2) is 48.1 Å². The summed E-state index contributed by atoms with van der Waals surface area (Å²) in [5, 5.41) is 9.30. The number of hydrogen-bond acceptors (Lipinski definition) is 3. The molecule has 0 radical (unpaired) electrons. The fraction of sp³-hybridized carbons (Fsp3) is 0.542.